The summed E-state index contributed by atoms with van der Waals surface area (Å²) >= 11 is 5.81. The molecular weight excluding hydrogens is 402 g/mol. The summed E-state index contributed by atoms with van der Waals surface area (Å²) in [5.41, 5.74) is 5.33. The number of aryl methyl sites for hydroxylation is 2. The Bertz CT molecular complexity index is 742. The van der Waals surface area contributed by atoms with Gasteiger partial charge in [0.25, 0.3) is 0 Å². The molecule has 1 saturated carbocycles. The number of amides is 1. The van der Waals surface area contributed by atoms with Crippen LogP contribution in [0.3, 0.4) is 0 Å². The van der Waals surface area contributed by atoms with Gasteiger partial charge in [-0.1, -0.05) is 96.5 Å². The maximum Gasteiger partial charge on any atom is 0.207 e. The van der Waals surface area contributed by atoms with Crippen LogP contribution < -0.4 is 5.32 Å². The number of benzene rings is 2. The number of carbonyl (C=O) groups is 1. The van der Waals surface area contributed by atoms with E-state index in [-0.39, 0.29) is 11.5 Å². The molecule has 3 rings (SSSR count). The highest BCUT2D eigenvalue weighted by atomic mass is 35.5. The lowest BCUT2D eigenvalue weighted by Gasteiger charge is -2.25. The number of carbonyl (C=O) groups excluding carboxylic acids is 1. The molecule has 3 heteroatoms. The number of rotatable bonds is 5. The van der Waals surface area contributed by atoms with Crippen LogP contribution in [-0.4, -0.2) is 6.41 Å². The molecule has 0 spiro atoms. The van der Waals surface area contributed by atoms with Crippen LogP contribution in [0.1, 0.15) is 89.6 Å². The fourth-order valence-corrected chi connectivity index (χ4v) is 3.30. The second-order valence-corrected chi connectivity index (χ2v) is 9.24. The zero-order valence-electron chi connectivity index (χ0n) is 21.2. The van der Waals surface area contributed by atoms with Crippen LogP contribution >= 0.6 is 11.6 Å². The summed E-state index contributed by atoms with van der Waals surface area (Å²) in [6.07, 6.45) is 4.26. The molecule has 1 aliphatic rings. The molecule has 0 bridgehead atoms. The van der Waals surface area contributed by atoms with Gasteiger partial charge >= 0.3 is 0 Å². The standard InChI is InChI=1S/C14H19NO.C8H9Cl.C4H10.C2H6/c1-3-11-6-4-5-7-12(11)13(15-10-16)14(2)8-9-14;1-6-4-3-5-8(9)7(6)2;1-4(2)3;1-2/h4-7,10,13H,3,8-9H2,1-2H3,(H,15,16);3-5H,1-2H3;4H,1-3H3;1-2H3. The van der Waals surface area contributed by atoms with E-state index < -0.39 is 0 Å². The molecule has 1 aliphatic carbocycles. The molecule has 2 aromatic carbocycles. The largest absolute Gasteiger partial charge is 0.351 e. The lowest BCUT2D eigenvalue weighted by molar-refractivity contribution is -0.110. The average Bonchev–Trinajstić information content (AvgIpc) is 3.50. The molecule has 1 fully saturated rings. The van der Waals surface area contributed by atoms with Gasteiger partial charge in [0.1, 0.15) is 0 Å². The third-order valence-electron chi connectivity index (χ3n) is 5.26. The molecule has 31 heavy (non-hydrogen) atoms. The van der Waals surface area contributed by atoms with Gasteiger partial charge in [-0.2, -0.15) is 0 Å². The lowest BCUT2D eigenvalue weighted by atomic mass is 9.88. The molecule has 2 nitrogen and oxygen atoms in total. The van der Waals surface area contributed by atoms with Crippen molar-refractivity contribution in [1.29, 1.82) is 0 Å². The Kier molecular flexibility index (Phi) is 14.2. The van der Waals surface area contributed by atoms with E-state index in [1.807, 2.05) is 32.9 Å². The molecular formula is C28H44ClNO. The Morgan fingerprint density at radius 1 is 1.03 bits per heavy atom. The Balaban J connectivity index is 0.000000506. The summed E-state index contributed by atoms with van der Waals surface area (Å²) in [6.45, 7) is 19.0. The molecule has 0 saturated heterocycles. The molecule has 0 radical (unpaired) electrons. The third-order valence-corrected chi connectivity index (χ3v) is 5.67. The maximum absolute atomic E-state index is 10.8. The number of hydrogen-bond acceptors (Lipinski definition) is 1. The molecule has 1 amide bonds. The number of halogens is 1. The molecule has 174 valence electrons. The minimum Gasteiger partial charge on any atom is -0.351 e. The van der Waals surface area contributed by atoms with Gasteiger partial charge in [0.2, 0.25) is 6.41 Å². The summed E-state index contributed by atoms with van der Waals surface area (Å²) in [5, 5.41) is 3.85. The lowest BCUT2D eigenvalue weighted by Crippen LogP contribution is -2.27. The monoisotopic (exact) mass is 445 g/mol. The van der Waals surface area contributed by atoms with Crippen molar-refractivity contribution in [3.63, 3.8) is 0 Å². The van der Waals surface area contributed by atoms with E-state index in [0.717, 1.165) is 23.8 Å². The first kappa shape index (κ1) is 29.2. The fourth-order valence-electron chi connectivity index (χ4n) is 3.07. The third kappa shape index (κ3) is 10.4. The van der Waals surface area contributed by atoms with Gasteiger partial charge in [-0.15, -0.1) is 0 Å². The predicted molar refractivity (Wildman–Crippen MR) is 138 cm³/mol. The van der Waals surface area contributed by atoms with Gasteiger partial charge in [-0.3, -0.25) is 4.79 Å². The summed E-state index contributed by atoms with van der Waals surface area (Å²) < 4.78 is 0. The minimum absolute atomic E-state index is 0.182. The predicted octanol–water partition coefficient (Wildman–Crippen LogP) is 8.48. The van der Waals surface area contributed by atoms with E-state index >= 15 is 0 Å². The van der Waals surface area contributed by atoms with Crippen LogP contribution in [0.25, 0.3) is 0 Å². The summed E-state index contributed by atoms with van der Waals surface area (Å²) in [7, 11) is 0. The highest BCUT2D eigenvalue weighted by Crippen LogP contribution is 2.54. The summed E-state index contributed by atoms with van der Waals surface area (Å²) in [4.78, 5) is 10.8. The van der Waals surface area contributed by atoms with Crippen LogP contribution in [0.5, 0.6) is 0 Å². The first-order valence-electron chi connectivity index (χ1n) is 11.7. The van der Waals surface area contributed by atoms with Crippen LogP contribution in [0.2, 0.25) is 5.02 Å². The van der Waals surface area contributed by atoms with Crippen molar-refractivity contribution in [2.45, 2.75) is 87.6 Å². The van der Waals surface area contributed by atoms with Gasteiger partial charge in [-0.05, 0) is 72.8 Å². The molecule has 0 aliphatic heterocycles. The second kappa shape index (κ2) is 15.1. The zero-order valence-corrected chi connectivity index (χ0v) is 21.9. The topological polar surface area (TPSA) is 29.1 Å². The first-order chi connectivity index (χ1) is 14.7. The van der Waals surface area contributed by atoms with Crippen molar-refractivity contribution in [3.8, 4) is 0 Å². The van der Waals surface area contributed by atoms with Gasteiger partial charge in [0.15, 0.2) is 0 Å². The Morgan fingerprint density at radius 2 is 1.58 bits per heavy atom. The second-order valence-electron chi connectivity index (χ2n) is 8.84. The normalized spacial score (nSPS) is 13.9. The van der Waals surface area contributed by atoms with Crippen molar-refractivity contribution in [3.05, 3.63) is 69.7 Å². The van der Waals surface area contributed by atoms with Crippen molar-refractivity contribution in [1.82, 2.24) is 5.32 Å². The summed E-state index contributed by atoms with van der Waals surface area (Å²) in [6, 6.07) is 14.5. The van der Waals surface area contributed by atoms with E-state index in [2.05, 4.69) is 77.2 Å². The van der Waals surface area contributed by atoms with Crippen molar-refractivity contribution >= 4 is 18.0 Å². The molecule has 2 aromatic rings. The quantitative estimate of drug-likeness (QED) is 0.459. The zero-order chi connectivity index (χ0) is 24.0. The minimum atomic E-state index is 0.182. The van der Waals surface area contributed by atoms with Crippen molar-refractivity contribution < 1.29 is 4.79 Å². The Morgan fingerprint density at radius 3 is 2.00 bits per heavy atom. The molecule has 0 heterocycles. The van der Waals surface area contributed by atoms with E-state index in [1.54, 1.807) is 0 Å². The first-order valence-corrected chi connectivity index (χ1v) is 12.0. The molecule has 1 atom stereocenters. The SMILES string of the molecule is CC.CC(C)C.CCc1ccccc1C(NC=O)C1(C)CC1.Cc1cccc(Cl)c1C. The maximum atomic E-state index is 10.8. The van der Waals surface area contributed by atoms with E-state index in [0.29, 0.717) is 0 Å². The Hall–Kier alpha value is -1.80. The number of nitrogens with one attached hydrogen (secondary N) is 1. The van der Waals surface area contributed by atoms with Crippen molar-refractivity contribution in [2.24, 2.45) is 11.3 Å². The molecule has 1 unspecified atom stereocenters. The van der Waals surface area contributed by atoms with Gasteiger partial charge in [0.05, 0.1) is 6.04 Å². The van der Waals surface area contributed by atoms with Crippen LogP contribution in [0.4, 0.5) is 0 Å². The highest BCUT2D eigenvalue weighted by Gasteiger charge is 2.45. The van der Waals surface area contributed by atoms with Gasteiger partial charge < -0.3 is 5.32 Å². The fraction of sp³-hybridized carbons (Fsp3) is 0.536. The van der Waals surface area contributed by atoms with E-state index in [9.17, 15) is 4.79 Å². The van der Waals surface area contributed by atoms with E-state index in [1.165, 1.54) is 35.1 Å². The smallest absolute Gasteiger partial charge is 0.207 e. The van der Waals surface area contributed by atoms with Crippen LogP contribution in [0.15, 0.2) is 42.5 Å². The Labute approximate surface area is 196 Å². The van der Waals surface area contributed by atoms with Crippen LogP contribution in [0, 0.1) is 25.2 Å². The number of hydrogen-bond donors (Lipinski definition) is 1. The average molecular weight is 446 g/mol. The van der Waals surface area contributed by atoms with Crippen molar-refractivity contribution in [2.75, 3.05) is 0 Å². The van der Waals surface area contributed by atoms with E-state index in [4.69, 9.17) is 11.6 Å². The summed E-state index contributed by atoms with van der Waals surface area (Å²) in [5.74, 6) is 0.833. The van der Waals surface area contributed by atoms with Gasteiger partial charge in [-0.25, -0.2) is 0 Å². The van der Waals surface area contributed by atoms with Gasteiger partial charge in [0, 0.05) is 5.02 Å². The molecule has 0 aromatic heterocycles. The van der Waals surface area contributed by atoms with Crippen LogP contribution in [-0.2, 0) is 11.2 Å². The molecule has 1 N–H and O–H groups in total. The highest BCUT2D eigenvalue weighted by molar-refractivity contribution is 6.31.